The Morgan fingerprint density at radius 2 is 1.95 bits per heavy atom. The molecule has 2 aromatic rings. The smallest absolute Gasteiger partial charge is 0.0671 e. The molecule has 0 atom stereocenters. The van der Waals surface area contributed by atoms with Gasteiger partial charge in [-0.2, -0.15) is 5.10 Å². The molecule has 20 heavy (non-hydrogen) atoms. The topological polar surface area (TPSA) is 33.1 Å². The van der Waals surface area contributed by atoms with Crippen molar-refractivity contribution in [3.05, 3.63) is 47.3 Å². The molecule has 1 heterocycles. The Balaban J connectivity index is 2.10. The summed E-state index contributed by atoms with van der Waals surface area (Å²) in [7, 11) is 6.16. The normalized spacial score (nSPS) is 11.1. The molecule has 0 unspecified atom stereocenters. The maximum Gasteiger partial charge on any atom is 0.0671 e. The van der Waals surface area contributed by atoms with E-state index >= 15 is 0 Å². The van der Waals surface area contributed by atoms with Crippen molar-refractivity contribution in [2.45, 2.75) is 26.4 Å². The monoisotopic (exact) mass is 272 g/mol. The van der Waals surface area contributed by atoms with Gasteiger partial charge in [-0.1, -0.05) is 25.1 Å². The molecule has 0 amide bonds. The molecule has 0 radical (unpaired) electrons. The lowest BCUT2D eigenvalue weighted by Gasteiger charge is -2.15. The van der Waals surface area contributed by atoms with E-state index in [0.717, 1.165) is 19.5 Å². The van der Waals surface area contributed by atoms with Crippen LogP contribution in [-0.4, -0.2) is 28.8 Å². The Labute approximate surface area is 121 Å². The fourth-order valence-corrected chi connectivity index (χ4v) is 2.39. The number of para-hydroxylation sites is 1. The molecule has 0 saturated heterocycles. The van der Waals surface area contributed by atoms with E-state index in [9.17, 15) is 0 Å². The first kappa shape index (κ1) is 14.6. The molecule has 0 bridgehead atoms. The fraction of sp³-hybridized carbons (Fsp3) is 0.438. The number of hydrogen-bond acceptors (Lipinski definition) is 3. The minimum absolute atomic E-state index is 0.821. The second kappa shape index (κ2) is 6.57. The number of anilines is 1. The summed E-state index contributed by atoms with van der Waals surface area (Å²) >= 11 is 0. The Morgan fingerprint density at radius 3 is 2.65 bits per heavy atom. The zero-order valence-electron chi connectivity index (χ0n) is 12.8. The van der Waals surface area contributed by atoms with E-state index in [4.69, 9.17) is 0 Å². The van der Waals surface area contributed by atoms with Gasteiger partial charge in [0, 0.05) is 37.6 Å². The second-order valence-corrected chi connectivity index (χ2v) is 5.38. The second-order valence-electron chi connectivity index (χ2n) is 5.38. The molecule has 1 N–H and O–H groups in total. The summed E-state index contributed by atoms with van der Waals surface area (Å²) in [6.07, 6.45) is 3.07. The molecular formula is C16H24N4. The van der Waals surface area contributed by atoms with Crippen LogP contribution in [0.15, 0.2) is 30.5 Å². The van der Waals surface area contributed by atoms with Crippen molar-refractivity contribution >= 4 is 5.69 Å². The molecule has 1 aromatic heterocycles. The first-order valence-corrected chi connectivity index (χ1v) is 7.08. The molecule has 0 spiro atoms. The summed E-state index contributed by atoms with van der Waals surface area (Å²) < 4.78 is 1.89. The van der Waals surface area contributed by atoms with Crippen LogP contribution in [-0.2, 0) is 26.6 Å². The Bertz CT molecular complexity index is 557. The molecule has 108 valence electrons. The van der Waals surface area contributed by atoms with Gasteiger partial charge in [0.15, 0.2) is 0 Å². The van der Waals surface area contributed by atoms with Crippen LogP contribution >= 0.6 is 0 Å². The zero-order valence-corrected chi connectivity index (χ0v) is 12.8. The largest absolute Gasteiger partial charge is 0.381 e. The number of nitrogens with one attached hydrogen (secondary N) is 1. The van der Waals surface area contributed by atoms with Crippen LogP contribution in [0.4, 0.5) is 5.69 Å². The van der Waals surface area contributed by atoms with E-state index in [1.807, 2.05) is 11.7 Å². The summed E-state index contributed by atoms with van der Waals surface area (Å²) in [4.78, 5) is 2.18. The molecule has 2 rings (SSSR count). The highest BCUT2D eigenvalue weighted by Crippen LogP contribution is 2.18. The Morgan fingerprint density at radius 1 is 1.20 bits per heavy atom. The summed E-state index contributed by atoms with van der Waals surface area (Å²) in [5, 5.41) is 8.02. The molecule has 1 aromatic carbocycles. The molecule has 0 aliphatic carbocycles. The number of aromatic nitrogens is 2. The van der Waals surface area contributed by atoms with Crippen LogP contribution in [0.2, 0.25) is 0 Å². The number of aryl methyl sites for hydroxylation is 2. The van der Waals surface area contributed by atoms with Gasteiger partial charge in [0.25, 0.3) is 0 Å². The highest BCUT2D eigenvalue weighted by Gasteiger charge is 2.07. The van der Waals surface area contributed by atoms with Crippen molar-refractivity contribution < 1.29 is 0 Å². The molecule has 0 aliphatic heterocycles. The highest BCUT2D eigenvalue weighted by atomic mass is 15.3. The average Bonchev–Trinajstić information content (AvgIpc) is 2.77. The van der Waals surface area contributed by atoms with Crippen molar-refractivity contribution in [1.29, 1.82) is 0 Å². The first-order chi connectivity index (χ1) is 9.60. The third-order valence-electron chi connectivity index (χ3n) is 3.30. The van der Waals surface area contributed by atoms with Crippen molar-refractivity contribution in [3.63, 3.8) is 0 Å². The predicted molar refractivity (Wildman–Crippen MR) is 83.7 cm³/mol. The van der Waals surface area contributed by atoms with Crippen LogP contribution in [0.5, 0.6) is 0 Å². The van der Waals surface area contributed by atoms with Crippen LogP contribution in [0.25, 0.3) is 0 Å². The van der Waals surface area contributed by atoms with Gasteiger partial charge < -0.3 is 10.2 Å². The standard InChI is InChI=1S/C16H24N4/c1-5-15-14(12-20(4)18-15)10-17-16-9-7-6-8-13(16)11-19(2)3/h6-9,12,17H,5,10-11H2,1-4H3. The van der Waals surface area contributed by atoms with E-state index in [1.165, 1.54) is 22.5 Å². The third-order valence-corrected chi connectivity index (χ3v) is 3.30. The molecule has 0 aliphatic rings. The SMILES string of the molecule is CCc1nn(C)cc1CNc1ccccc1CN(C)C. The fourth-order valence-electron chi connectivity index (χ4n) is 2.39. The molecule has 4 heteroatoms. The number of rotatable bonds is 6. The maximum absolute atomic E-state index is 4.48. The van der Waals surface area contributed by atoms with Crippen LogP contribution < -0.4 is 5.32 Å². The first-order valence-electron chi connectivity index (χ1n) is 7.08. The van der Waals surface area contributed by atoms with E-state index in [-0.39, 0.29) is 0 Å². The lowest BCUT2D eigenvalue weighted by Crippen LogP contribution is -2.13. The van der Waals surface area contributed by atoms with Crippen LogP contribution in [0.3, 0.4) is 0 Å². The van der Waals surface area contributed by atoms with Crippen LogP contribution in [0, 0.1) is 0 Å². The molecule has 0 fully saturated rings. The average molecular weight is 272 g/mol. The van der Waals surface area contributed by atoms with Gasteiger partial charge in [0.05, 0.1) is 5.69 Å². The maximum atomic E-state index is 4.48. The van der Waals surface area contributed by atoms with E-state index < -0.39 is 0 Å². The van der Waals surface area contributed by atoms with E-state index in [1.54, 1.807) is 0 Å². The number of benzene rings is 1. The third kappa shape index (κ3) is 3.61. The van der Waals surface area contributed by atoms with Gasteiger partial charge in [-0.3, -0.25) is 4.68 Å². The lowest BCUT2D eigenvalue weighted by atomic mass is 10.1. The van der Waals surface area contributed by atoms with Gasteiger partial charge in [-0.15, -0.1) is 0 Å². The van der Waals surface area contributed by atoms with Gasteiger partial charge in [0.1, 0.15) is 0 Å². The summed E-state index contributed by atoms with van der Waals surface area (Å²) in [6, 6.07) is 8.48. The predicted octanol–water partition coefficient (Wildman–Crippen LogP) is 2.66. The van der Waals surface area contributed by atoms with Crippen molar-refractivity contribution in [1.82, 2.24) is 14.7 Å². The van der Waals surface area contributed by atoms with Gasteiger partial charge in [-0.25, -0.2) is 0 Å². The summed E-state index contributed by atoms with van der Waals surface area (Å²) in [6.45, 7) is 3.91. The van der Waals surface area contributed by atoms with Crippen molar-refractivity contribution in [2.75, 3.05) is 19.4 Å². The van der Waals surface area contributed by atoms with Gasteiger partial charge in [0.2, 0.25) is 0 Å². The van der Waals surface area contributed by atoms with Crippen molar-refractivity contribution in [2.24, 2.45) is 7.05 Å². The molecular weight excluding hydrogens is 248 g/mol. The van der Waals surface area contributed by atoms with E-state index in [0.29, 0.717) is 0 Å². The number of hydrogen-bond donors (Lipinski definition) is 1. The van der Waals surface area contributed by atoms with Crippen molar-refractivity contribution in [3.8, 4) is 0 Å². The summed E-state index contributed by atoms with van der Waals surface area (Å²) in [5.41, 5.74) is 4.96. The van der Waals surface area contributed by atoms with E-state index in [2.05, 4.69) is 66.8 Å². The minimum atomic E-state index is 0.821. The number of nitrogens with zero attached hydrogens (tertiary/aromatic N) is 3. The zero-order chi connectivity index (χ0) is 14.5. The van der Waals surface area contributed by atoms with Crippen LogP contribution in [0.1, 0.15) is 23.7 Å². The Hall–Kier alpha value is -1.81. The quantitative estimate of drug-likeness (QED) is 0.877. The van der Waals surface area contributed by atoms with Gasteiger partial charge in [-0.05, 0) is 32.1 Å². The summed E-state index contributed by atoms with van der Waals surface area (Å²) in [5.74, 6) is 0. The highest BCUT2D eigenvalue weighted by molar-refractivity contribution is 5.51. The molecule has 0 saturated carbocycles. The lowest BCUT2D eigenvalue weighted by molar-refractivity contribution is 0.403. The van der Waals surface area contributed by atoms with Gasteiger partial charge >= 0.3 is 0 Å². The molecule has 4 nitrogen and oxygen atoms in total. The Kier molecular flexibility index (Phi) is 4.79. The minimum Gasteiger partial charge on any atom is -0.381 e.